The highest BCUT2D eigenvalue weighted by Gasteiger charge is 2.15. The van der Waals surface area contributed by atoms with Gasteiger partial charge < -0.3 is 4.74 Å². The van der Waals surface area contributed by atoms with Gasteiger partial charge in [-0.05, 0) is 43.5 Å². The zero-order chi connectivity index (χ0) is 14.7. The maximum Gasteiger partial charge on any atom is 0.170 e. The normalized spacial score (nSPS) is 10.4. The first-order valence-electron chi connectivity index (χ1n) is 6.76. The van der Waals surface area contributed by atoms with Crippen LogP contribution >= 0.6 is 0 Å². The van der Waals surface area contributed by atoms with Gasteiger partial charge >= 0.3 is 0 Å². The molecule has 0 unspecified atom stereocenters. The number of ketones is 1. The third-order valence-corrected chi connectivity index (χ3v) is 3.63. The maximum absolute atomic E-state index is 12.5. The summed E-state index contributed by atoms with van der Waals surface area (Å²) in [4.78, 5) is 12.5. The van der Waals surface area contributed by atoms with Crippen LogP contribution in [0.3, 0.4) is 0 Å². The van der Waals surface area contributed by atoms with Crippen molar-refractivity contribution in [1.29, 1.82) is 0 Å². The second kappa shape index (κ2) is 5.91. The number of Topliss-reactive ketones (excluding diaryl/α,β-unsaturated/α-hetero) is 1. The molecule has 2 heteroatoms. The first-order valence-corrected chi connectivity index (χ1v) is 6.76. The first-order chi connectivity index (χ1) is 9.52. The van der Waals surface area contributed by atoms with E-state index in [1.54, 1.807) is 7.11 Å². The summed E-state index contributed by atoms with van der Waals surface area (Å²) in [6.45, 7) is 6.04. The summed E-state index contributed by atoms with van der Waals surface area (Å²) in [5.41, 5.74) is 5.03. The van der Waals surface area contributed by atoms with Crippen molar-refractivity contribution in [3.05, 3.63) is 64.2 Å². The molecule has 0 bridgehead atoms. The lowest BCUT2D eigenvalue weighted by Gasteiger charge is -2.12. The van der Waals surface area contributed by atoms with Crippen LogP contribution < -0.4 is 4.74 Å². The summed E-state index contributed by atoms with van der Waals surface area (Å²) in [6, 6.07) is 11.9. The van der Waals surface area contributed by atoms with Gasteiger partial charge in [-0.1, -0.05) is 35.9 Å². The number of hydrogen-bond acceptors (Lipinski definition) is 2. The molecule has 104 valence electrons. The number of aryl methyl sites for hydroxylation is 2. The van der Waals surface area contributed by atoms with Gasteiger partial charge in [0.15, 0.2) is 5.78 Å². The fraction of sp³-hybridized carbons (Fsp3) is 0.278. The highest BCUT2D eigenvalue weighted by atomic mass is 16.5. The lowest BCUT2D eigenvalue weighted by Crippen LogP contribution is -2.07. The molecule has 0 saturated heterocycles. The number of rotatable bonds is 4. The summed E-state index contributed by atoms with van der Waals surface area (Å²) in [6.07, 6.45) is 0.403. The molecule has 2 nitrogen and oxygen atoms in total. The molecule has 0 radical (unpaired) electrons. The zero-order valence-corrected chi connectivity index (χ0v) is 12.5. The predicted molar refractivity (Wildman–Crippen MR) is 81.7 cm³/mol. The Kier molecular flexibility index (Phi) is 4.23. The first kappa shape index (κ1) is 14.3. The van der Waals surface area contributed by atoms with E-state index in [9.17, 15) is 4.79 Å². The summed E-state index contributed by atoms with van der Waals surface area (Å²) in [7, 11) is 1.62. The molecule has 0 aliphatic carbocycles. The number of carbonyl (C=O) groups is 1. The van der Waals surface area contributed by atoms with E-state index in [0.29, 0.717) is 17.7 Å². The van der Waals surface area contributed by atoms with Gasteiger partial charge in [-0.2, -0.15) is 0 Å². The Morgan fingerprint density at radius 3 is 2.50 bits per heavy atom. The fourth-order valence-corrected chi connectivity index (χ4v) is 2.38. The quantitative estimate of drug-likeness (QED) is 0.782. The molecule has 0 N–H and O–H groups in total. The van der Waals surface area contributed by atoms with Crippen molar-refractivity contribution < 1.29 is 9.53 Å². The van der Waals surface area contributed by atoms with Gasteiger partial charge in [-0.3, -0.25) is 4.79 Å². The molecule has 0 fully saturated rings. The Balaban J connectivity index is 2.32. The van der Waals surface area contributed by atoms with Crippen LogP contribution in [-0.4, -0.2) is 12.9 Å². The number of carbonyl (C=O) groups excluding carboxylic acids is 1. The van der Waals surface area contributed by atoms with Crippen molar-refractivity contribution in [2.45, 2.75) is 27.2 Å². The van der Waals surface area contributed by atoms with Crippen LogP contribution in [0.1, 0.15) is 32.6 Å². The van der Waals surface area contributed by atoms with E-state index in [1.165, 1.54) is 5.56 Å². The Labute approximate surface area is 120 Å². The van der Waals surface area contributed by atoms with E-state index in [1.807, 2.05) is 57.2 Å². The number of hydrogen-bond donors (Lipinski definition) is 0. The Hall–Kier alpha value is -2.09. The molecule has 0 aromatic heterocycles. The molecule has 2 rings (SSSR count). The van der Waals surface area contributed by atoms with Crippen molar-refractivity contribution in [2.24, 2.45) is 0 Å². The van der Waals surface area contributed by atoms with Gasteiger partial charge in [-0.25, -0.2) is 0 Å². The second-order valence-electron chi connectivity index (χ2n) is 5.18. The third kappa shape index (κ3) is 2.90. The van der Waals surface area contributed by atoms with Crippen LogP contribution in [0.2, 0.25) is 0 Å². The van der Waals surface area contributed by atoms with Crippen LogP contribution in [0.4, 0.5) is 0 Å². The van der Waals surface area contributed by atoms with E-state index in [2.05, 4.69) is 0 Å². The summed E-state index contributed by atoms with van der Waals surface area (Å²) < 4.78 is 5.42. The number of benzene rings is 2. The van der Waals surface area contributed by atoms with Gasteiger partial charge in [0.25, 0.3) is 0 Å². The largest absolute Gasteiger partial charge is 0.496 e. The van der Waals surface area contributed by atoms with Crippen molar-refractivity contribution in [3.8, 4) is 5.75 Å². The van der Waals surface area contributed by atoms with Gasteiger partial charge in [0.1, 0.15) is 5.75 Å². The molecule has 0 spiro atoms. The molecule has 0 aliphatic heterocycles. The minimum atomic E-state index is 0.0931. The van der Waals surface area contributed by atoms with Gasteiger partial charge in [0, 0.05) is 6.42 Å². The molecule has 2 aromatic carbocycles. The van der Waals surface area contributed by atoms with Crippen molar-refractivity contribution in [1.82, 2.24) is 0 Å². The molecule has 2 aromatic rings. The second-order valence-corrected chi connectivity index (χ2v) is 5.18. The molecular formula is C18H20O2. The van der Waals surface area contributed by atoms with Crippen LogP contribution in [-0.2, 0) is 6.42 Å². The predicted octanol–water partition coefficient (Wildman–Crippen LogP) is 4.05. The summed E-state index contributed by atoms with van der Waals surface area (Å²) >= 11 is 0. The molecule has 20 heavy (non-hydrogen) atoms. The number of methoxy groups -OCH3 is 1. The van der Waals surface area contributed by atoms with Crippen molar-refractivity contribution >= 4 is 5.78 Å². The van der Waals surface area contributed by atoms with E-state index < -0.39 is 0 Å². The smallest absolute Gasteiger partial charge is 0.170 e. The molecule has 0 heterocycles. The average molecular weight is 268 g/mol. The monoisotopic (exact) mass is 268 g/mol. The van der Waals surface area contributed by atoms with Crippen LogP contribution in [0.15, 0.2) is 36.4 Å². The van der Waals surface area contributed by atoms with Gasteiger partial charge in [0.05, 0.1) is 12.7 Å². The summed E-state index contributed by atoms with van der Waals surface area (Å²) in [5, 5.41) is 0. The maximum atomic E-state index is 12.5. The lowest BCUT2D eigenvalue weighted by atomic mass is 9.97. The zero-order valence-electron chi connectivity index (χ0n) is 12.5. The summed E-state index contributed by atoms with van der Waals surface area (Å²) in [5.74, 6) is 0.790. The highest BCUT2D eigenvalue weighted by Crippen LogP contribution is 2.27. The Morgan fingerprint density at radius 1 is 1.10 bits per heavy atom. The minimum absolute atomic E-state index is 0.0931. The standard InChI is InChI=1S/C18H20O2/c1-12-6-5-7-15(10-12)11-17(19)16-9-8-13(2)14(3)18(16)20-4/h5-10H,11H2,1-4H3. The Morgan fingerprint density at radius 2 is 1.85 bits per heavy atom. The van der Waals surface area contributed by atoms with Crippen LogP contribution in [0, 0.1) is 20.8 Å². The minimum Gasteiger partial charge on any atom is -0.496 e. The molecular weight excluding hydrogens is 248 g/mol. The van der Waals surface area contributed by atoms with Crippen LogP contribution in [0.5, 0.6) is 5.75 Å². The number of ether oxygens (including phenoxy) is 1. The van der Waals surface area contributed by atoms with Crippen LogP contribution in [0.25, 0.3) is 0 Å². The molecule has 0 amide bonds. The van der Waals surface area contributed by atoms with E-state index in [0.717, 1.165) is 16.7 Å². The van der Waals surface area contributed by atoms with Crippen molar-refractivity contribution in [2.75, 3.05) is 7.11 Å². The van der Waals surface area contributed by atoms with Gasteiger partial charge in [0.2, 0.25) is 0 Å². The highest BCUT2D eigenvalue weighted by molar-refractivity contribution is 6.00. The van der Waals surface area contributed by atoms with Gasteiger partial charge in [-0.15, -0.1) is 0 Å². The topological polar surface area (TPSA) is 26.3 Å². The molecule has 0 atom stereocenters. The molecule has 0 saturated carbocycles. The lowest BCUT2D eigenvalue weighted by molar-refractivity contribution is 0.0990. The third-order valence-electron chi connectivity index (χ3n) is 3.63. The van der Waals surface area contributed by atoms with Crippen molar-refractivity contribution in [3.63, 3.8) is 0 Å². The van der Waals surface area contributed by atoms with E-state index in [-0.39, 0.29) is 5.78 Å². The molecule has 0 aliphatic rings. The fourth-order valence-electron chi connectivity index (χ4n) is 2.38. The SMILES string of the molecule is COc1c(C(=O)Cc2cccc(C)c2)ccc(C)c1C. The van der Waals surface area contributed by atoms with E-state index in [4.69, 9.17) is 4.74 Å². The average Bonchev–Trinajstić information content (AvgIpc) is 2.41. The van der Waals surface area contributed by atoms with E-state index >= 15 is 0 Å². The Bertz CT molecular complexity index is 642.